The summed E-state index contributed by atoms with van der Waals surface area (Å²) < 4.78 is 18.0. The van der Waals surface area contributed by atoms with Gasteiger partial charge in [-0.3, -0.25) is 14.3 Å². The largest absolute Gasteiger partial charge is 0.461 e. The molecule has 1 aromatic heterocycles. The second-order valence-electron chi connectivity index (χ2n) is 10.1. The molecule has 8 heteroatoms. The van der Waals surface area contributed by atoms with E-state index in [2.05, 4.69) is 51.4 Å². The van der Waals surface area contributed by atoms with Gasteiger partial charge < -0.3 is 14.2 Å². The van der Waals surface area contributed by atoms with E-state index in [1.54, 1.807) is 12.1 Å². The zero-order valence-electron chi connectivity index (χ0n) is 28.7. The molecule has 2 aromatic rings. The number of ether oxygens (including phenoxy) is 3. The molecule has 1 N–H and O–H groups in total. The van der Waals surface area contributed by atoms with E-state index in [4.69, 9.17) is 14.2 Å². The molecular weight excluding hydrogens is 544 g/mol. The Kier molecular flexibility index (Phi) is 25.8. The van der Waals surface area contributed by atoms with Crippen molar-refractivity contribution in [1.29, 1.82) is 0 Å². The second-order valence-corrected chi connectivity index (χ2v) is 10.1. The summed E-state index contributed by atoms with van der Waals surface area (Å²) in [5.74, 6) is 5.98. The van der Waals surface area contributed by atoms with Crippen molar-refractivity contribution in [2.24, 2.45) is 5.92 Å². The smallest absolute Gasteiger partial charge is 0.338 e. The number of carbonyl (C=O) groups is 1. The van der Waals surface area contributed by atoms with E-state index in [1.165, 1.54) is 17.2 Å². The van der Waals surface area contributed by atoms with E-state index >= 15 is 0 Å². The van der Waals surface area contributed by atoms with Crippen LogP contribution < -0.4 is 11.2 Å². The first-order valence-electron chi connectivity index (χ1n) is 15.9. The number of esters is 1. The highest BCUT2D eigenvalue weighted by molar-refractivity contribution is 5.89. The molecule has 244 valence electrons. The van der Waals surface area contributed by atoms with Gasteiger partial charge in [-0.1, -0.05) is 105 Å². The topological polar surface area (TPSA) is 99.6 Å². The lowest BCUT2D eigenvalue weighted by Crippen LogP contribution is -2.33. The van der Waals surface area contributed by atoms with Crippen molar-refractivity contribution in [3.63, 3.8) is 0 Å². The van der Waals surface area contributed by atoms with Gasteiger partial charge in [0, 0.05) is 19.2 Å². The molecule has 1 aliphatic rings. The number of aryl methyl sites for hydroxylation is 1. The molecule has 2 heterocycles. The number of benzene rings is 1. The molecule has 1 fully saturated rings. The van der Waals surface area contributed by atoms with Crippen LogP contribution >= 0.6 is 0 Å². The van der Waals surface area contributed by atoms with Crippen LogP contribution in [0.5, 0.6) is 0 Å². The lowest BCUT2D eigenvalue weighted by Gasteiger charge is -2.16. The van der Waals surface area contributed by atoms with E-state index in [0.29, 0.717) is 25.2 Å². The van der Waals surface area contributed by atoms with Crippen molar-refractivity contribution in [2.45, 2.75) is 121 Å². The summed E-state index contributed by atoms with van der Waals surface area (Å²) in [5.41, 5.74) is 0.594. The first-order valence-corrected chi connectivity index (χ1v) is 15.9. The molecule has 0 amide bonds. The number of aromatic amines is 1. The SMILES string of the molecule is CC.CC.CC(C)C.CCC.CCCOCC1CCC(n2cc(C#CCCOC(=O)c3ccc(C)cc3)c(=O)[nH]c2=O)O1. The maximum Gasteiger partial charge on any atom is 0.338 e. The van der Waals surface area contributed by atoms with Crippen LogP contribution in [0.25, 0.3) is 0 Å². The molecule has 0 saturated carbocycles. The minimum absolute atomic E-state index is 0.0804. The lowest BCUT2D eigenvalue weighted by atomic mass is 10.1. The van der Waals surface area contributed by atoms with Crippen molar-refractivity contribution in [2.75, 3.05) is 19.8 Å². The molecule has 2 unspecified atom stereocenters. The van der Waals surface area contributed by atoms with Crippen molar-refractivity contribution in [3.8, 4) is 11.8 Å². The molecule has 1 saturated heterocycles. The number of carbonyl (C=O) groups excluding carboxylic acids is 1. The fourth-order valence-electron chi connectivity index (χ4n) is 3.29. The summed E-state index contributed by atoms with van der Waals surface area (Å²) in [4.78, 5) is 38.6. The molecule has 0 spiro atoms. The molecule has 3 rings (SSSR count). The van der Waals surface area contributed by atoms with Gasteiger partial charge in [-0.05, 0) is 44.2 Å². The standard InChI is InChI=1S/C24H28N2O6.C4H10.C3H8.2C2H6/c1-3-13-30-16-20-11-12-21(32-20)26-15-19(22(27)25-24(26)29)6-4-5-14-31-23(28)18-9-7-17(2)8-10-18;1-4(2)3;1-3-2;2*1-2/h7-10,15,20-21H,3,5,11-14,16H2,1-2H3,(H,25,27,29);4H,1-3H3;3H2,1-2H3;2*1-2H3. The molecule has 1 aliphatic heterocycles. The Morgan fingerprint density at radius 2 is 1.60 bits per heavy atom. The first-order chi connectivity index (χ1) is 20.6. The molecule has 0 aliphatic carbocycles. The predicted molar refractivity (Wildman–Crippen MR) is 178 cm³/mol. The van der Waals surface area contributed by atoms with Crippen LogP contribution in [0.1, 0.15) is 129 Å². The highest BCUT2D eigenvalue weighted by Crippen LogP contribution is 2.27. The highest BCUT2D eigenvalue weighted by Gasteiger charge is 2.27. The van der Waals surface area contributed by atoms with Gasteiger partial charge in [0.05, 0.1) is 18.3 Å². The Balaban J connectivity index is 0. The normalized spacial score (nSPS) is 14.6. The molecule has 0 bridgehead atoms. The van der Waals surface area contributed by atoms with Gasteiger partial charge >= 0.3 is 11.7 Å². The number of hydrogen-bond donors (Lipinski definition) is 1. The molecule has 2 atom stereocenters. The van der Waals surface area contributed by atoms with E-state index in [9.17, 15) is 14.4 Å². The van der Waals surface area contributed by atoms with Gasteiger partial charge in [0.1, 0.15) is 18.4 Å². The number of aromatic nitrogens is 2. The van der Waals surface area contributed by atoms with Gasteiger partial charge in [0.25, 0.3) is 5.56 Å². The van der Waals surface area contributed by atoms with Gasteiger partial charge in [0.2, 0.25) is 0 Å². The van der Waals surface area contributed by atoms with Gasteiger partial charge in [0.15, 0.2) is 0 Å². The Morgan fingerprint density at radius 1 is 1.02 bits per heavy atom. The minimum Gasteiger partial charge on any atom is -0.461 e. The van der Waals surface area contributed by atoms with E-state index in [0.717, 1.165) is 24.3 Å². The molecule has 1 aromatic carbocycles. The third kappa shape index (κ3) is 18.9. The van der Waals surface area contributed by atoms with Gasteiger partial charge in [-0.15, -0.1) is 0 Å². The van der Waals surface area contributed by atoms with E-state index < -0.39 is 23.4 Å². The van der Waals surface area contributed by atoms with Crippen LogP contribution in [-0.2, 0) is 14.2 Å². The zero-order valence-corrected chi connectivity index (χ0v) is 28.7. The van der Waals surface area contributed by atoms with Crippen LogP contribution in [0.2, 0.25) is 0 Å². The van der Waals surface area contributed by atoms with Crippen molar-refractivity contribution >= 4 is 5.97 Å². The summed E-state index contributed by atoms with van der Waals surface area (Å²) >= 11 is 0. The summed E-state index contributed by atoms with van der Waals surface area (Å²) in [7, 11) is 0. The maximum atomic E-state index is 12.2. The average molecular weight is 603 g/mol. The van der Waals surface area contributed by atoms with Crippen molar-refractivity contribution in [1.82, 2.24) is 9.55 Å². The summed E-state index contributed by atoms with van der Waals surface area (Å²) in [6.07, 6.45) is 4.73. The Hall–Kier alpha value is -3.15. The fraction of sp³-hybridized carbons (Fsp3) is 0.629. The zero-order chi connectivity index (χ0) is 33.2. The summed E-state index contributed by atoms with van der Waals surface area (Å²) in [5, 5.41) is 0. The lowest BCUT2D eigenvalue weighted by molar-refractivity contribution is -0.0427. The number of rotatable bonds is 8. The van der Waals surface area contributed by atoms with Crippen LogP contribution in [0.4, 0.5) is 0 Å². The number of nitrogens with one attached hydrogen (secondary N) is 1. The van der Waals surface area contributed by atoms with Crippen LogP contribution in [0.3, 0.4) is 0 Å². The second kappa shape index (κ2) is 26.5. The fourth-order valence-corrected chi connectivity index (χ4v) is 3.29. The predicted octanol–water partition coefficient (Wildman–Crippen LogP) is 7.68. The summed E-state index contributed by atoms with van der Waals surface area (Å²) in [6.45, 7) is 24.0. The molecular formula is C35H58N2O6. The maximum absolute atomic E-state index is 12.2. The third-order valence-corrected chi connectivity index (χ3v) is 4.99. The molecule has 43 heavy (non-hydrogen) atoms. The average Bonchev–Trinajstić information content (AvgIpc) is 3.45. The van der Waals surface area contributed by atoms with Crippen LogP contribution in [-0.4, -0.2) is 41.4 Å². The Bertz CT molecular complexity index is 1150. The number of hydrogen-bond acceptors (Lipinski definition) is 6. The first kappa shape index (κ1) is 42.0. The van der Waals surface area contributed by atoms with Crippen molar-refractivity contribution in [3.05, 3.63) is 68.0 Å². The van der Waals surface area contributed by atoms with E-state index in [1.807, 2.05) is 53.7 Å². The number of nitrogens with zero attached hydrogens (tertiary/aromatic N) is 1. The number of H-pyrrole nitrogens is 1. The van der Waals surface area contributed by atoms with Crippen LogP contribution in [0.15, 0.2) is 40.1 Å². The van der Waals surface area contributed by atoms with Crippen molar-refractivity contribution < 1.29 is 19.0 Å². The highest BCUT2D eigenvalue weighted by atomic mass is 16.6. The quantitative estimate of drug-likeness (QED) is 0.189. The van der Waals surface area contributed by atoms with E-state index in [-0.39, 0.29) is 24.7 Å². The van der Waals surface area contributed by atoms with Crippen LogP contribution in [0, 0.1) is 24.7 Å². The molecule has 8 nitrogen and oxygen atoms in total. The summed E-state index contributed by atoms with van der Waals surface area (Å²) in [6, 6.07) is 7.09. The minimum atomic E-state index is -0.559. The monoisotopic (exact) mass is 602 g/mol. The molecule has 0 radical (unpaired) electrons. The van der Waals surface area contributed by atoms with Gasteiger partial charge in [-0.2, -0.15) is 0 Å². The van der Waals surface area contributed by atoms with Gasteiger partial charge in [-0.25, -0.2) is 9.59 Å². The Morgan fingerprint density at radius 3 is 2.16 bits per heavy atom. The Labute approximate surface area is 260 Å². The third-order valence-electron chi connectivity index (χ3n) is 4.99.